The zero-order valence-electron chi connectivity index (χ0n) is 18.8. The molecule has 36 heavy (non-hydrogen) atoms. The average molecular weight is 512 g/mol. The highest BCUT2D eigenvalue weighted by Crippen LogP contribution is 2.41. The van der Waals surface area contributed by atoms with Crippen molar-refractivity contribution in [3.05, 3.63) is 59.0 Å². The Hall–Kier alpha value is -3.74. The van der Waals surface area contributed by atoms with Crippen molar-refractivity contribution in [2.45, 2.75) is 29.8 Å². The molecular weight excluding hydrogens is 492 g/mol. The summed E-state index contributed by atoms with van der Waals surface area (Å²) >= 11 is 1.11. The van der Waals surface area contributed by atoms with Gasteiger partial charge in [-0.25, -0.2) is 23.5 Å². The first kappa shape index (κ1) is 22.7. The van der Waals surface area contributed by atoms with E-state index in [2.05, 4.69) is 25.3 Å². The van der Waals surface area contributed by atoms with Crippen molar-refractivity contribution in [1.82, 2.24) is 25.3 Å². The van der Waals surface area contributed by atoms with Crippen molar-refractivity contribution in [3.63, 3.8) is 0 Å². The summed E-state index contributed by atoms with van der Waals surface area (Å²) in [5.41, 5.74) is 2.73. The Kier molecular flexibility index (Phi) is 5.51. The maximum atomic E-state index is 14.1. The number of furan rings is 1. The zero-order valence-corrected chi connectivity index (χ0v) is 19.6. The quantitative estimate of drug-likeness (QED) is 0.255. The van der Waals surface area contributed by atoms with Crippen LogP contribution in [-0.2, 0) is 11.3 Å². The van der Waals surface area contributed by atoms with Crippen molar-refractivity contribution in [3.8, 4) is 11.3 Å². The average Bonchev–Trinajstić information content (AvgIpc) is 3.56. The van der Waals surface area contributed by atoms with Crippen molar-refractivity contribution >= 4 is 39.7 Å². The fourth-order valence-corrected chi connectivity index (χ4v) is 5.18. The molecule has 5 aromatic rings. The Morgan fingerprint density at radius 1 is 1.28 bits per heavy atom. The van der Waals surface area contributed by atoms with Gasteiger partial charge in [0.1, 0.15) is 22.6 Å². The number of benzene rings is 1. The number of β-amino-alcohol motifs (C(OH)–C–C–N with tert-alkyl or cyclic N) is 1. The number of aromatic nitrogens is 4. The Morgan fingerprint density at radius 3 is 2.97 bits per heavy atom. The molecule has 1 aliphatic rings. The lowest BCUT2D eigenvalue weighted by atomic mass is 9.93. The number of aliphatic hydroxyl groups excluding tert-OH is 1. The van der Waals surface area contributed by atoms with Gasteiger partial charge >= 0.3 is 5.97 Å². The first-order chi connectivity index (χ1) is 17.4. The number of aromatic amines is 2. The molecule has 0 fully saturated rings. The molecule has 0 amide bonds. The summed E-state index contributed by atoms with van der Waals surface area (Å²) in [6.07, 6.45) is 0.807. The van der Waals surface area contributed by atoms with Gasteiger partial charge in [0, 0.05) is 41.9 Å². The minimum absolute atomic E-state index is 0.0324. The van der Waals surface area contributed by atoms with Crippen LogP contribution in [0.25, 0.3) is 33.3 Å². The van der Waals surface area contributed by atoms with E-state index in [0.29, 0.717) is 56.8 Å². The van der Waals surface area contributed by atoms with Gasteiger partial charge in [-0.05, 0) is 36.9 Å². The molecule has 0 saturated heterocycles. The van der Waals surface area contributed by atoms with Crippen LogP contribution in [0.2, 0.25) is 0 Å². The first-order valence-electron chi connectivity index (χ1n) is 11.2. The Morgan fingerprint density at radius 2 is 2.14 bits per heavy atom. The number of ether oxygens (including phenoxy) is 1. The monoisotopic (exact) mass is 511 g/mol. The summed E-state index contributed by atoms with van der Waals surface area (Å²) in [6.45, 7) is 2.69. The summed E-state index contributed by atoms with van der Waals surface area (Å²) in [6, 6.07) is 5.41. The Labute approximate surface area is 206 Å². The largest absolute Gasteiger partial charge is 0.461 e. The lowest BCUT2D eigenvalue weighted by Crippen LogP contribution is -2.29. The van der Waals surface area contributed by atoms with Crippen molar-refractivity contribution in [2.24, 2.45) is 0 Å². The highest BCUT2D eigenvalue weighted by Gasteiger charge is 2.29. The van der Waals surface area contributed by atoms with Gasteiger partial charge in [0.2, 0.25) is 0 Å². The fourth-order valence-electron chi connectivity index (χ4n) is 4.43. The number of aliphatic hydroxyl groups is 1. The number of hydrogen-bond acceptors (Lipinski definition) is 8. The molecule has 12 heteroatoms. The molecule has 1 aromatic carbocycles. The van der Waals surface area contributed by atoms with Crippen LogP contribution in [0.4, 0.5) is 8.78 Å². The predicted octanol–water partition coefficient (Wildman–Crippen LogP) is 4.44. The number of H-pyrrole nitrogens is 2. The molecule has 0 aliphatic carbocycles. The van der Waals surface area contributed by atoms with Gasteiger partial charge < -0.3 is 29.5 Å². The second-order valence-electron chi connectivity index (χ2n) is 8.19. The van der Waals surface area contributed by atoms with E-state index in [0.717, 1.165) is 17.8 Å². The molecule has 9 nitrogen and oxygen atoms in total. The molecular formula is C24H19F2N5O4S. The maximum Gasteiger partial charge on any atom is 0.357 e. The molecule has 0 spiro atoms. The second kappa shape index (κ2) is 8.73. The Bertz CT molecular complexity index is 1640. The van der Waals surface area contributed by atoms with Crippen molar-refractivity contribution in [2.75, 3.05) is 13.2 Å². The van der Waals surface area contributed by atoms with Gasteiger partial charge in [-0.1, -0.05) is 0 Å². The lowest BCUT2D eigenvalue weighted by molar-refractivity contribution is 0.0522. The van der Waals surface area contributed by atoms with E-state index in [1.807, 2.05) is 0 Å². The molecule has 1 atom stereocenters. The zero-order chi connectivity index (χ0) is 25.0. The summed E-state index contributed by atoms with van der Waals surface area (Å²) in [4.78, 5) is 27.2. The van der Waals surface area contributed by atoms with Crippen molar-refractivity contribution < 1.29 is 27.8 Å². The van der Waals surface area contributed by atoms with E-state index in [9.17, 15) is 18.7 Å². The maximum absolute atomic E-state index is 14.1. The van der Waals surface area contributed by atoms with Gasteiger partial charge in [0.15, 0.2) is 21.8 Å². The highest BCUT2D eigenvalue weighted by molar-refractivity contribution is 7.99. The predicted molar refractivity (Wildman–Crippen MR) is 127 cm³/mol. The van der Waals surface area contributed by atoms with E-state index < -0.39 is 23.7 Å². The van der Waals surface area contributed by atoms with Gasteiger partial charge in [-0.3, -0.25) is 0 Å². The van der Waals surface area contributed by atoms with Gasteiger partial charge in [-0.15, -0.1) is 0 Å². The number of nitrogens with one attached hydrogen (secondary N) is 3. The minimum atomic E-state index is -0.837. The molecule has 0 bridgehead atoms. The minimum Gasteiger partial charge on any atom is -0.461 e. The van der Waals surface area contributed by atoms with E-state index in [1.165, 1.54) is 6.07 Å². The second-order valence-corrected chi connectivity index (χ2v) is 9.18. The number of esters is 1. The molecule has 4 aromatic heterocycles. The van der Waals surface area contributed by atoms with Gasteiger partial charge in [0.25, 0.3) is 0 Å². The molecule has 5 heterocycles. The number of nitrogens with zero attached hydrogens (tertiary/aromatic N) is 2. The van der Waals surface area contributed by atoms with Crippen LogP contribution >= 0.6 is 11.8 Å². The number of carbonyl (C=O) groups excluding carboxylic acids is 1. The SMILES string of the molecule is CCOC(=O)c1[nH]cc2c(-c3ccc(Sc4nc5c(F)cc(F)cc5[nH]4)o3)c3c(nc12)CNCC3O. The van der Waals surface area contributed by atoms with Gasteiger partial charge in [0.05, 0.1) is 23.9 Å². The highest BCUT2D eigenvalue weighted by atomic mass is 32.2. The Balaban J connectivity index is 1.44. The van der Waals surface area contributed by atoms with E-state index in [1.54, 1.807) is 25.3 Å². The standard InChI is InChI=1S/C24H19F2N5O4S/c1-2-34-23(33)22-20-11(7-28-22)18(19-14(29-20)8-27-9-15(19)32)16-3-4-17(35-16)36-24-30-13-6-10(25)5-12(26)21(13)31-24/h3-7,15,27-28,32H,2,8-9H2,1H3,(H,30,31). The third-order valence-electron chi connectivity index (χ3n) is 5.90. The number of pyridine rings is 1. The number of hydrogen-bond donors (Lipinski definition) is 4. The van der Waals surface area contributed by atoms with Gasteiger partial charge in [-0.2, -0.15) is 0 Å². The number of fused-ring (bicyclic) bond motifs is 3. The van der Waals surface area contributed by atoms with E-state index in [4.69, 9.17) is 9.15 Å². The third kappa shape index (κ3) is 3.74. The van der Waals surface area contributed by atoms with Crippen LogP contribution in [0.1, 0.15) is 34.8 Å². The van der Waals surface area contributed by atoms with Crippen molar-refractivity contribution in [1.29, 1.82) is 0 Å². The fraction of sp³-hybridized carbons (Fsp3) is 0.208. The number of imidazole rings is 1. The summed E-state index contributed by atoms with van der Waals surface area (Å²) in [5.74, 6) is -1.54. The molecule has 4 N–H and O–H groups in total. The third-order valence-corrected chi connectivity index (χ3v) is 6.71. The molecule has 184 valence electrons. The van der Waals surface area contributed by atoms with Crippen LogP contribution in [0.15, 0.2) is 45.1 Å². The van der Waals surface area contributed by atoms with Crippen LogP contribution in [0.3, 0.4) is 0 Å². The smallest absolute Gasteiger partial charge is 0.357 e. The summed E-state index contributed by atoms with van der Waals surface area (Å²) in [5, 5.41) is 15.3. The van der Waals surface area contributed by atoms with Crippen LogP contribution < -0.4 is 5.32 Å². The first-order valence-corrected chi connectivity index (χ1v) is 12.0. The van der Waals surface area contributed by atoms with Crippen LogP contribution in [0, 0.1) is 11.6 Å². The van der Waals surface area contributed by atoms with Crippen LogP contribution in [0.5, 0.6) is 0 Å². The van der Waals surface area contributed by atoms with E-state index in [-0.39, 0.29) is 23.3 Å². The molecule has 1 unspecified atom stereocenters. The number of carbonyl (C=O) groups is 1. The lowest BCUT2D eigenvalue weighted by Gasteiger charge is -2.24. The molecule has 0 saturated carbocycles. The number of halogens is 2. The van der Waals surface area contributed by atoms with E-state index >= 15 is 0 Å². The molecule has 1 aliphatic heterocycles. The topological polar surface area (TPSA) is 129 Å². The summed E-state index contributed by atoms with van der Waals surface area (Å²) < 4.78 is 38.9. The number of rotatable bonds is 5. The molecule has 0 radical (unpaired) electrons. The summed E-state index contributed by atoms with van der Waals surface area (Å²) in [7, 11) is 0. The normalized spacial score (nSPS) is 15.5. The van der Waals surface area contributed by atoms with Crippen LogP contribution in [-0.4, -0.2) is 44.2 Å². The molecule has 6 rings (SSSR count).